The van der Waals surface area contributed by atoms with Crippen LogP contribution in [-0.4, -0.2) is 44.1 Å². The largest absolute Gasteiger partial charge is 0.261 e. The molecule has 36 heavy (non-hydrogen) atoms. The molecule has 0 atom stereocenters. The second-order valence-electron chi connectivity index (χ2n) is 11.4. The van der Waals surface area contributed by atoms with Gasteiger partial charge in [0.05, 0.1) is 23.3 Å². The van der Waals surface area contributed by atoms with Crippen molar-refractivity contribution in [2.45, 2.75) is 77.0 Å². The normalized spacial score (nSPS) is 13.1. The van der Waals surface area contributed by atoms with Crippen LogP contribution in [0, 0.1) is 0 Å². The number of aromatic nitrogens is 9. The maximum absolute atomic E-state index is 4.94. The third kappa shape index (κ3) is 4.57. The van der Waals surface area contributed by atoms with Gasteiger partial charge < -0.3 is 0 Å². The van der Waals surface area contributed by atoms with E-state index in [1.807, 2.05) is 35.4 Å². The molecule has 5 aromatic rings. The Balaban J connectivity index is 1.38. The molecule has 0 bridgehead atoms. The van der Waals surface area contributed by atoms with Crippen LogP contribution in [0.4, 0.5) is 0 Å². The van der Waals surface area contributed by atoms with Crippen LogP contribution in [-0.2, 0) is 22.7 Å². The molecular weight excluding hydrogens is 450 g/mol. The Bertz CT molecular complexity index is 1500. The standard InChI is InChI=1S/C27H33N9/c1-25(2,19-8-15-35-22(32-19)7-11-31-35)9-10-26(3,4)23-24-33-21(34-36(24)16-14-30-23)17-27(5,6)20-18-28-12-13-29-20/h7-8,11-16,18H,9-10,17H2,1-6H3. The van der Waals surface area contributed by atoms with Gasteiger partial charge in [-0.05, 0) is 18.9 Å². The van der Waals surface area contributed by atoms with E-state index < -0.39 is 0 Å². The third-order valence-electron chi connectivity index (χ3n) is 7.12. The molecule has 0 aliphatic rings. The molecule has 0 unspecified atom stereocenters. The van der Waals surface area contributed by atoms with Crippen molar-refractivity contribution in [2.75, 3.05) is 0 Å². The minimum absolute atomic E-state index is 0.103. The highest BCUT2D eigenvalue weighted by molar-refractivity contribution is 5.47. The van der Waals surface area contributed by atoms with Crippen molar-refractivity contribution in [2.24, 2.45) is 0 Å². The van der Waals surface area contributed by atoms with Crippen LogP contribution in [0.3, 0.4) is 0 Å². The molecule has 186 valence electrons. The lowest BCUT2D eigenvalue weighted by atomic mass is 9.75. The van der Waals surface area contributed by atoms with Gasteiger partial charge in [-0.3, -0.25) is 15.0 Å². The number of hydrogen-bond acceptors (Lipinski definition) is 7. The molecule has 0 N–H and O–H groups in total. The van der Waals surface area contributed by atoms with Crippen molar-refractivity contribution < 1.29 is 0 Å². The van der Waals surface area contributed by atoms with Gasteiger partial charge in [-0.2, -0.15) is 10.2 Å². The van der Waals surface area contributed by atoms with Gasteiger partial charge in [-0.15, -0.1) is 0 Å². The SMILES string of the molecule is CC(C)(Cc1nc2c(C(C)(C)CCC(C)(C)c3ccn4nccc4n3)nccn2n1)c1cnccn1. The number of nitrogens with zero attached hydrogens (tertiary/aromatic N) is 9. The maximum atomic E-state index is 4.94. The highest BCUT2D eigenvalue weighted by Gasteiger charge is 2.32. The fraction of sp³-hybridized carbons (Fsp3) is 0.444. The molecule has 0 fully saturated rings. The fourth-order valence-corrected chi connectivity index (χ4v) is 4.61. The van der Waals surface area contributed by atoms with Gasteiger partial charge in [0.1, 0.15) is 0 Å². The molecular formula is C27H33N9. The van der Waals surface area contributed by atoms with E-state index in [4.69, 9.17) is 20.1 Å². The molecule has 0 radical (unpaired) electrons. The Morgan fingerprint density at radius 3 is 2.31 bits per heavy atom. The second kappa shape index (κ2) is 8.72. The molecule has 5 heterocycles. The van der Waals surface area contributed by atoms with E-state index in [1.54, 1.807) is 23.1 Å². The molecule has 0 spiro atoms. The first-order valence-corrected chi connectivity index (χ1v) is 12.3. The van der Waals surface area contributed by atoms with Crippen LogP contribution in [0.25, 0.3) is 11.3 Å². The van der Waals surface area contributed by atoms with E-state index in [1.165, 1.54) is 0 Å². The van der Waals surface area contributed by atoms with Gasteiger partial charge in [-0.1, -0.05) is 41.5 Å². The van der Waals surface area contributed by atoms with Crippen molar-refractivity contribution in [3.63, 3.8) is 0 Å². The van der Waals surface area contributed by atoms with Crippen molar-refractivity contribution in [1.82, 2.24) is 44.1 Å². The Hall–Kier alpha value is -3.75. The molecule has 9 heteroatoms. The molecule has 0 saturated carbocycles. The highest BCUT2D eigenvalue weighted by atomic mass is 15.3. The first-order chi connectivity index (χ1) is 17.1. The van der Waals surface area contributed by atoms with E-state index >= 15 is 0 Å². The topological polar surface area (TPSA) is 99.0 Å². The van der Waals surface area contributed by atoms with Crippen molar-refractivity contribution in [1.29, 1.82) is 0 Å². The van der Waals surface area contributed by atoms with E-state index in [0.717, 1.165) is 47.0 Å². The van der Waals surface area contributed by atoms with Crippen LogP contribution in [0.1, 0.15) is 77.3 Å². The van der Waals surface area contributed by atoms with Gasteiger partial charge in [-0.25, -0.2) is 19.0 Å². The molecule has 0 aromatic carbocycles. The van der Waals surface area contributed by atoms with Crippen LogP contribution < -0.4 is 0 Å². The predicted molar refractivity (Wildman–Crippen MR) is 138 cm³/mol. The average molecular weight is 484 g/mol. The summed E-state index contributed by atoms with van der Waals surface area (Å²) in [5.74, 6) is 0.773. The molecule has 5 aromatic heterocycles. The van der Waals surface area contributed by atoms with Gasteiger partial charge in [0, 0.05) is 65.9 Å². The number of rotatable bonds is 8. The monoisotopic (exact) mass is 483 g/mol. The molecule has 0 amide bonds. The summed E-state index contributed by atoms with van der Waals surface area (Å²) in [6, 6.07) is 4.00. The zero-order valence-electron chi connectivity index (χ0n) is 21.8. The first-order valence-electron chi connectivity index (χ1n) is 12.3. The minimum atomic E-state index is -0.240. The van der Waals surface area contributed by atoms with Crippen molar-refractivity contribution >= 4 is 11.3 Å². The van der Waals surface area contributed by atoms with E-state index in [2.05, 4.69) is 62.7 Å². The summed E-state index contributed by atoms with van der Waals surface area (Å²) < 4.78 is 3.65. The number of fused-ring (bicyclic) bond motifs is 2. The molecule has 9 nitrogen and oxygen atoms in total. The Kier molecular flexibility index (Phi) is 5.81. The minimum Gasteiger partial charge on any atom is -0.261 e. The summed E-state index contributed by atoms with van der Waals surface area (Å²) in [7, 11) is 0. The summed E-state index contributed by atoms with van der Waals surface area (Å²) >= 11 is 0. The second-order valence-corrected chi connectivity index (χ2v) is 11.4. The quantitative estimate of drug-likeness (QED) is 0.320. The smallest absolute Gasteiger partial charge is 0.177 e. The fourth-order valence-electron chi connectivity index (χ4n) is 4.61. The first kappa shape index (κ1) is 24.0. The Labute approximate surface area is 211 Å². The average Bonchev–Trinajstić information content (AvgIpc) is 3.48. The Morgan fingerprint density at radius 2 is 1.53 bits per heavy atom. The lowest BCUT2D eigenvalue weighted by molar-refractivity contribution is 0.364. The summed E-state index contributed by atoms with van der Waals surface area (Å²) in [4.78, 5) is 23.3. The van der Waals surface area contributed by atoms with E-state index in [-0.39, 0.29) is 16.2 Å². The van der Waals surface area contributed by atoms with Crippen molar-refractivity contribution in [3.05, 3.63) is 78.4 Å². The van der Waals surface area contributed by atoms with Crippen LogP contribution in [0.5, 0.6) is 0 Å². The lowest BCUT2D eigenvalue weighted by Crippen LogP contribution is -2.26. The summed E-state index contributed by atoms with van der Waals surface area (Å²) in [6.07, 6.45) is 15.2. The zero-order chi connectivity index (χ0) is 25.6. The molecule has 0 aliphatic carbocycles. The summed E-state index contributed by atoms with van der Waals surface area (Å²) in [5, 5.41) is 9.04. The summed E-state index contributed by atoms with van der Waals surface area (Å²) in [6.45, 7) is 13.2. The predicted octanol–water partition coefficient (Wildman–Crippen LogP) is 4.51. The van der Waals surface area contributed by atoms with Crippen molar-refractivity contribution in [3.8, 4) is 0 Å². The molecule has 5 rings (SSSR count). The van der Waals surface area contributed by atoms with Crippen LogP contribution in [0.2, 0.25) is 0 Å². The molecule has 0 saturated heterocycles. The van der Waals surface area contributed by atoms with Gasteiger partial charge in [0.15, 0.2) is 17.1 Å². The lowest BCUT2D eigenvalue weighted by Gasteiger charge is -2.30. The number of hydrogen-bond donors (Lipinski definition) is 0. The highest BCUT2D eigenvalue weighted by Crippen LogP contribution is 2.36. The third-order valence-corrected chi connectivity index (χ3v) is 7.12. The maximum Gasteiger partial charge on any atom is 0.177 e. The zero-order valence-corrected chi connectivity index (χ0v) is 21.8. The van der Waals surface area contributed by atoms with Crippen LogP contribution >= 0.6 is 0 Å². The van der Waals surface area contributed by atoms with Gasteiger partial charge in [0.25, 0.3) is 0 Å². The van der Waals surface area contributed by atoms with Gasteiger partial charge >= 0.3 is 0 Å². The molecule has 0 aliphatic heterocycles. The van der Waals surface area contributed by atoms with Gasteiger partial charge in [0.2, 0.25) is 0 Å². The Morgan fingerprint density at radius 1 is 0.722 bits per heavy atom. The van der Waals surface area contributed by atoms with E-state index in [9.17, 15) is 0 Å². The van der Waals surface area contributed by atoms with E-state index in [0.29, 0.717) is 6.42 Å². The summed E-state index contributed by atoms with van der Waals surface area (Å²) in [5.41, 5.74) is 4.07. The van der Waals surface area contributed by atoms with Crippen LogP contribution in [0.15, 0.2) is 55.5 Å².